The Kier molecular flexibility index (Phi) is 4.40. The van der Waals surface area contributed by atoms with Gasteiger partial charge >= 0.3 is 0 Å². The number of allylic oxidation sites excluding steroid dienone is 1. The van der Waals surface area contributed by atoms with Crippen LogP contribution in [-0.2, 0) is 12.8 Å². The number of rotatable bonds is 2. The number of benzene rings is 3. The molecule has 1 unspecified atom stereocenters. The van der Waals surface area contributed by atoms with Gasteiger partial charge in [-0.3, -0.25) is 4.79 Å². The zero-order valence-electron chi connectivity index (χ0n) is 17.1. The maximum Gasteiger partial charge on any atom is 0.167 e. The molecule has 1 nitrogen and oxygen atoms in total. The highest BCUT2D eigenvalue weighted by Gasteiger charge is 2.35. The number of carbonyl (C=O) groups is 1. The van der Waals surface area contributed by atoms with Crippen molar-refractivity contribution >= 4 is 29.0 Å². The molecule has 0 radical (unpaired) electrons. The number of Topliss-reactive ketones (excluding diaryl/α,β-unsaturated/α-hetero) is 1. The lowest BCUT2D eigenvalue weighted by Crippen LogP contribution is -2.28. The number of carbonyl (C=O) groups excluding carboxylic acids is 1. The van der Waals surface area contributed by atoms with Crippen molar-refractivity contribution in [3.05, 3.63) is 93.3 Å². The number of halogens is 2. The second kappa shape index (κ2) is 7.17. The zero-order chi connectivity index (χ0) is 21.1. The van der Waals surface area contributed by atoms with Gasteiger partial charge in [-0.25, -0.2) is 4.39 Å². The molecule has 0 saturated heterocycles. The van der Waals surface area contributed by atoms with Crippen molar-refractivity contribution in [2.24, 2.45) is 11.8 Å². The molecule has 0 heterocycles. The molecule has 0 spiro atoms. The molecular formula is C28H22ClFO. The average molecular weight is 429 g/mol. The van der Waals surface area contributed by atoms with Gasteiger partial charge in [0.1, 0.15) is 5.82 Å². The average Bonchev–Trinajstić information content (AvgIpc) is 2.74. The molecule has 31 heavy (non-hydrogen) atoms. The van der Waals surface area contributed by atoms with Gasteiger partial charge in [-0.2, -0.15) is 0 Å². The van der Waals surface area contributed by atoms with Crippen LogP contribution in [0.1, 0.15) is 51.9 Å². The van der Waals surface area contributed by atoms with Crippen molar-refractivity contribution < 1.29 is 9.18 Å². The summed E-state index contributed by atoms with van der Waals surface area (Å²) in [6, 6.07) is 17.4. The van der Waals surface area contributed by atoms with Gasteiger partial charge in [-0.15, -0.1) is 0 Å². The lowest BCUT2D eigenvalue weighted by Gasteiger charge is -2.39. The van der Waals surface area contributed by atoms with E-state index >= 15 is 0 Å². The molecule has 0 N–H and O–H groups in total. The third-order valence-electron chi connectivity index (χ3n) is 7.43. The van der Waals surface area contributed by atoms with Crippen molar-refractivity contribution in [1.29, 1.82) is 0 Å². The normalized spacial score (nSPS) is 19.7. The molecule has 0 bridgehead atoms. The lowest BCUT2D eigenvalue weighted by atomic mass is 9.65. The summed E-state index contributed by atoms with van der Waals surface area (Å²) in [6.07, 6.45) is 7.38. The first-order valence-corrected chi connectivity index (χ1v) is 11.4. The highest BCUT2D eigenvalue weighted by atomic mass is 35.5. The SMILES string of the molecule is O=C1Cc2c(ccc3c2CC(C2CCC2)C(c2ccc(F)c(Cl)c2)=C3)-c2ccccc21. The summed E-state index contributed by atoms with van der Waals surface area (Å²) in [5.41, 5.74) is 9.03. The van der Waals surface area contributed by atoms with E-state index in [2.05, 4.69) is 24.3 Å². The van der Waals surface area contributed by atoms with Crippen LogP contribution in [0, 0.1) is 17.7 Å². The third kappa shape index (κ3) is 3.00. The fourth-order valence-electron chi connectivity index (χ4n) is 5.60. The predicted octanol–water partition coefficient (Wildman–Crippen LogP) is 7.40. The van der Waals surface area contributed by atoms with Crippen molar-refractivity contribution in [1.82, 2.24) is 0 Å². The maximum atomic E-state index is 13.8. The van der Waals surface area contributed by atoms with Crippen LogP contribution in [0.2, 0.25) is 5.02 Å². The van der Waals surface area contributed by atoms with Gasteiger partial charge in [0.15, 0.2) is 5.78 Å². The monoisotopic (exact) mass is 428 g/mol. The predicted molar refractivity (Wildman–Crippen MR) is 124 cm³/mol. The molecular weight excluding hydrogens is 407 g/mol. The van der Waals surface area contributed by atoms with Crippen LogP contribution in [0.4, 0.5) is 4.39 Å². The summed E-state index contributed by atoms with van der Waals surface area (Å²) in [5, 5.41) is 0.171. The summed E-state index contributed by atoms with van der Waals surface area (Å²) in [5.74, 6) is 0.831. The highest BCUT2D eigenvalue weighted by molar-refractivity contribution is 6.31. The maximum absolute atomic E-state index is 13.8. The van der Waals surface area contributed by atoms with Crippen LogP contribution < -0.4 is 0 Å². The Balaban J connectivity index is 1.52. The van der Waals surface area contributed by atoms with Crippen molar-refractivity contribution in [3.63, 3.8) is 0 Å². The van der Waals surface area contributed by atoms with E-state index in [4.69, 9.17) is 11.6 Å². The van der Waals surface area contributed by atoms with Gasteiger partial charge in [0, 0.05) is 12.0 Å². The van der Waals surface area contributed by atoms with E-state index in [0.717, 1.165) is 23.1 Å². The van der Waals surface area contributed by atoms with Gasteiger partial charge < -0.3 is 0 Å². The summed E-state index contributed by atoms with van der Waals surface area (Å²) in [7, 11) is 0. The first-order valence-electron chi connectivity index (χ1n) is 11.0. The van der Waals surface area contributed by atoms with Gasteiger partial charge in [-0.05, 0) is 82.2 Å². The first-order chi connectivity index (χ1) is 15.1. The second-order valence-electron chi connectivity index (χ2n) is 9.04. The van der Waals surface area contributed by atoms with E-state index in [1.807, 2.05) is 24.3 Å². The molecule has 3 aromatic carbocycles. The van der Waals surface area contributed by atoms with E-state index in [-0.39, 0.29) is 16.6 Å². The van der Waals surface area contributed by atoms with Crippen LogP contribution in [0.15, 0.2) is 54.6 Å². The summed E-state index contributed by atoms with van der Waals surface area (Å²) in [4.78, 5) is 12.9. The van der Waals surface area contributed by atoms with Crippen LogP contribution in [-0.4, -0.2) is 5.78 Å². The minimum atomic E-state index is -0.381. The standard InChI is InChI=1S/C28H22ClFO/c29-26-13-18(9-11-27(26)30)22-12-17-8-10-20-19-6-1-2-7-21(19)28(31)15-25(20)24(17)14-23(22)16-4-3-5-16/h1-2,6-13,16,23H,3-5,14-15H2. The van der Waals surface area contributed by atoms with Gasteiger partial charge in [0.05, 0.1) is 5.02 Å². The molecule has 6 rings (SSSR count). The van der Waals surface area contributed by atoms with Gasteiger partial charge in [0.25, 0.3) is 0 Å². The fraction of sp³-hybridized carbons (Fsp3) is 0.250. The Labute approximate surface area is 186 Å². The third-order valence-corrected chi connectivity index (χ3v) is 7.72. The number of ketones is 1. The highest BCUT2D eigenvalue weighted by Crippen LogP contribution is 2.48. The molecule has 3 heteroatoms. The number of hydrogen-bond acceptors (Lipinski definition) is 1. The van der Waals surface area contributed by atoms with Gasteiger partial charge in [-0.1, -0.05) is 66.6 Å². The molecule has 3 aliphatic rings. The molecule has 0 aliphatic heterocycles. The van der Waals surface area contributed by atoms with Crippen LogP contribution in [0.5, 0.6) is 0 Å². The summed E-state index contributed by atoms with van der Waals surface area (Å²) >= 11 is 6.13. The molecule has 154 valence electrons. The quantitative estimate of drug-likeness (QED) is 0.415. The molecule has 1 atom stereocenters. The van der Waals surface area contributed by atoms with Crippen molar-refractivity contribution in [2.75, 3.05) is 0 Å². The summed E-state index contributed by atoms with van der Waals surface area (Å²) < 4.78 is 13.8. The zero-order valence-corrected chi connectivity index (χ0v) is 17.9. The Morgan fingerprint density at radius 3 is 2.45 bits per heavy atom. The number of fused-ring (bicyclic) bond motifs is 5. The second-order valence-corrected chi connectivity index (χ2v) is 9.44. The molecule has 1 saturated carbocycles. The van der Waals surface area contributed by atoms with Crippen LogP contribution in [0.3, 0.4) is 0 Å². The minimum absolute atomic E-state index is 0.171. The Morgan fingerprint density at radius 2 is 1.71 bits per heavy atom. The van der Waals surface area contributed by atoms with Crippen LogP contribution >= 0.6 is 11.6 Å². The molecule has 3 aromatic rings. The van der Waals surface area contributed by atoms with Crippen molar-refractivity contribution in [2.45, 2.75) is 32.1 Å². The largest absolute Gasteiger partial charge is 0.294 e. The fourth-order valence-corrected chi connectivity index (χ4v) is 5.78. The first kappa shape index (κ1) is 19.0. The Hall–Kier alpha value is -2.71. The van der Waals surface area contributed by atoms with E-state index in [1.54, 1.807) is 6.07 Å². The smallest absolute Gasteiger partial charge is 0.167 e. The van der Waals surface area contributed by atoms with E-state index in [0.29, 0.717) is 18.3 Å². The van der Waals surface area contributed by atoms with Crippen LogP contribution in [0.25, 0.3) is 22.8 Å². The molecule has 0 amide bonds. The van der Waals surface area contributed by atoms with E-state index in [1.165, 1.54) is 53.2 Å². The number of hydrogen-bond donors (Lipinski definition) is 0. The molecule has 1 fully saturated rings. The lowest BCUT2D eigenvalue weighted by molar-refractivity contribution is 0.0991. The minimum Gasteiger partial charge on any atom is -0.294 e. The Morgan fingerprint density at radius 1 is 0.903 bits per heavy atom. The Bertz CT molecular complexity index is 1270. The van der Waals surface area contributed by atoms with E-state index < -0.39 is 0 Å². The molecule has 3 aliphatic carbocycles. The van der Waals surface area contributed by atoms with Gasteiger partial charge in [0.2, 0.25) is 0 Å². The topological polar surface area (TPSA) is 17.1 Å². The van der Waals surface area contributed by atoms with Crippen molar-refractivity contribution in [3.8, 4) is 11.1 Å². The molecule has 0 aromatic heterocycles. The summed E-state index contributed by atoms with van der Waals surface area (Å²) in [6.45, 7) is 0. The van der Waals surface area contributed by atoms with E-state index in [9.17, 15) is 9.18 Å².